The number of nitrogens with zero attached hydrogens (tertiary/aromatic N) is 1. The number of aromatic nitrogens is 1. The monoisotopic (exact) mass is 220 g/mol. The van der Waals surface area contributed by atoms with Gasteiger partial charge in [-0.05, 0) is 24.3 Å². The highest BCUT2D eigenvalue weighted by Crippen LogP contribution is 2.22. The third-order valence-corrected chi connectivity index (χ3v) is 2.51. The standard InChI is InChI=1S/C11H9ClN2O/c1-13-9-2-3-10-7(5-9)4-8(6-15)11(12)14-10/h2-6,13H,1H3. The molecule has 0 aliphatic carbocycles. The number of anilines is 1. The molecule has 76 valence electrons. The normalized spacial score (nSPS) is 10.3. The van der Waals surface area contributed by atoms with Crippen LogP contribution >= 0.6 is 11.6 Å². The summed E-state index contributed by atoms with van der Waals surface area (Å²) in [4.78, 5) is 14.8. The maximum absolute atomic E-state index is 10.7. The summed E-state index contributed by atoms with van der Waals surface area (Å²) in [6.07, 6.45) is 0.709. The van der Waals surface area contributed by atoms with Gasteiger partial charge in [-0.25, -0.2) is 4.98 Å². The summed E-state index contributed by atoms with van der Waals surface area (Å²) < 4.78 is 0. The van der Waals surface area contributed by atoms with Gasteiger partial charge in [0, 0.05) is 18.1 Å². The molecule has 0 fully saturated rings. The number of nitrogens with one attached hydrogen (secondary N) is 1. The third-order valence-electron chi connectivity index (χ3n) is 2.21. The molecule has 1 aromatic heterocycles. The molecule has 2 rings (SSSR count). The van der Waals surface area contributed by atoms with Gasteiger partial charge in [0.1, 0.15) is 5.15 Å². The first-order valence-corrected chi connectivity index (χ1v) is 4.85. The third kappa shape index (κ3) is 1.78. The van der Waals surface area contributed by atoms with Gasteiger partial charge in [0.05, 0.1) is 11.1 Å². The van der Waals surface area contributed by atoms with Crippen molar-refractivity contribution < 1.29 is 4.79 Å². The number of carbonyl (C=O) groups excluding carboxylic acids is 1. The fourth-order valence-corrected chi connectivity index (χ4v) is 1.60. The second-order valence-corrected chi connectivity index (χ2v) is 3.50. The van der Waals surface area contributed by atoms with Crippen molar-refractivity contribution in [2.75, 3.05) is 12.4 Å². The van der Waals surface area contributed by atoms with Crippen LogP contribution in [-0.4, -0.2) is 18.3 Å². The number of hydrogen-bond acceptors (Lipinski definition) is 3. The largest absolute Gasteiger partial charge is 0.388 e. The Balaban J connectivity index is 2.71. The molecule has 0 atom stereocenters. The Bertz CT molecular complexity index is 525. The maximum atomic E-state index is 10.7. The molecule has 15 heavy (non-hydrogen) atoms. The molecular formula is C11H9ClN2O. The van der Waals surface area contributed by atoms with Crippen LogP contribution in [0.15, 0.2) is 24.3 Å². The number of rotatable bonds is 2. The molecule has 0 unspecified atom stereocenters. The number of fused-ring (bicyclic) bond motifs is 1. The minimum absolute atomic E-state index is 0.245. The van der Waals surface area contributed by atoms with Gasteiger partial charge in [-0.1, -0.05) is 11.6 Å². The quantitative estimate of drug-likeness (QED) is 0.625. The van der Waals surface area contributed by atoms with Crippen LogP contribution in [0.3, 0.4) is 0 Å². The van der Waals surface area contributed by atoms with Crippen LogP contribution in [0.5, 0.6) is 0 Å². The van der Waals surface area contributed by atoms with E-state index in [1.165, 1.54) is 0 Å². The highest BCUT2D eigenvalue weighted by Gasteiger charge is 2.04. The van der Waals surface area contributed by atoms with Gasteiger partial charge in [-0.15, -0.1) is 0 Å². The van der Waals surface area contributed by atoms with Crippen LogP contribution in [0.2, 0.25) is 5.15 Å². The minimum atomic E-state index is 0.245. The van der Waals surface area contributed by atoms with Gasteiger partial charge in [0.15, 0.2) is 6.29 Å². The predicted molar refractivity (Wildman–Crippen MR) is 61.7 cm³/mol. The topological polar surface area (TPSA) is 42.0 Å². The Morgan fingerprint density at radius 2 is 2.20 bits per heavy atom. The highest BCUT2D eigenvalue weighted by atomic mass is 35.5. The molecule has 0 saturated heterocycles. The van der Waals surface area contributed by atoms with E-state index in [0.717, 1.165) is 16.6 Å². The van der Waals surface area contributed by atoms with E-state index in [1.54, 1.807) is 6.07 Å². The Morgan fingerprint density at radius 3 is 2.87 bits per heavy atom. The summed E-state index contributed by atoms with van der Waals surface area (Å²) in [6.45, 7) is 0. The van der Waals surface area contributed by atoms with E-state index >= 15 is 0 Å². The number of halogens is 1. The molecule has 0 amide bonds. The number of hydrogen-bond donors (Lipinski definition) is 1. The van der Waals surface area contributed by atoms with Gasteiger partial charge in [-0.3, -0.25) is 4.79 Å². The molecule has 1 N–H and O–H groups in total. The molecule has 1 aromatic carbocycles. The molecule has 0 saturated carbocycles. The van der Waals surface area contributed by atoms with E-state index in [4.69, 9.17) is 11.6 Å². The van der Waals surface area contributed by atoms with Crippen LogP contribution in [0.1, 0.15) is 10.4 Å². The van der Waals surface area contributed by atoms with Gasteiger partial charge in [0.2, 0.25) is 0 Å². The number of pyridine rings is 1. The summed E-state index contributed by atoms with van der Waals surface area (Å²) >= 11 is 5.82. The van der Waals surface area contributed by atoms with E-state index < -0.39 is 0 Å². The van der Waals surface area contributed by atoms with Gasteiger partial charge >= 0.3 is 0 Å². The van der Waals surface area contributed by atoms with Crippen LogP contribution in [0.25, 0.3) is 10.9 Å². The molecule has 1 heterocycles. The molecule has 0 spiro atoms. The Hall–Kier alpha value is -1.61. The Labute approximate surface area is 92.1 Å². The van der Waals surface area contributed by atoms with E-state index in [2.05, 4.69) is 10.3 Å². The lowest BCUT2D eigenvalue weighted by Crippen LogP contribution is -1.91. The molecular weight excluding hydrogens is 212 g/mol. The average molecular weight is 221 g/mol. The van der Waals surface area contributed by atoms with Gasteiger partial charge in [-0.2, -0.15) is 0 Å². The van der Waals surface area contributed by atoms with Crippen molar-refractivity contribution >= 4 is 34.5 Å². The van der Waals surface area contributed by atoms with E-state index in [-0.39, 0.29) is 5.15 Å². The zero-order valence-electron chi connectivity index (χ0n) is 8.12. The van der Waals surface area contributed by atoms with Crippen molar-refractivity contribution in [1.82, 2.24) is 4.98 Å². The summed E-state index contributed by atoms with van der Waals surface area (Å²) in [7, 11) is 1.84. The molecule has 3 nitrogen and oxygen atoms in total. The average Bonchev–Trinajstić information content (AvgIpc) is 2.27. The van der Waals surface area contributed by atoms with Crippen molar-refractivity contribution in [3.63, 3.8) is 0 Å². The zero-order valence-corrected chi connectivity index (χ0v) is 8.88. The first-order valence-electron chi connectivity index (χ1n) is 4.48. The van der Waals surface area contributed by atoms with E-state index in [9.17, 15) is 4.79 Å². The fourth-order valence-electron chi connectivity index (χ4n) is 1.41. The van der Waals surface area contributed by atoms with Crippen molar-refractivity contribution in [3.8, 4) is 0 Å². The highest BCUT2D eigenvalue weighted by molar-refractivity contribution is 6.32. The summed E-state index contributed by atoms with van der Waals surface area (Å²) in [5.74, 6) is 0. The first kappa shape index (κ1) is 9.93. The maximum Gasteiger partial charge on any atom is 0.153 e. The summed E-state index contributed by atoms with van der Waals surface area (Å²) in [5, 5.41) is 4.16. The van der Waals surface area contributed by atoms with Crippen molar-refractivity contribution in [2.24, 2.45) is 0 Å². The molecule has 4 heteroatoms. The molecule has 0 aliphatic rings. The van der Waals surface area contributed by atoms with Crippen LogP contribution in [0.4, 0.5) is 5.69 Å². The van der Waals surface area contributed by atoms with Gasteiger partial charge in [0.25, 0.3) is 0 Å². The number of benzene rings is 1. The minimum Gasteiger partial charge on any atom is -0.388 e. The lowest BCUT2D eigenvalue weighted by molar-refractivity contribution is 0.112. The first-order chi connectivity index (χ1) is 7.24. The Kier molecular flexibility index (Phi) is 2.56. The van der Waals surface area contributed by atoms with Crippen molar-refractivity contribution in [3.05, 3.63) is 35.0 Å². The van der Waals surface area contributed by atoms with Crippen LogP contribution in [-0.2, 0) is 0 Å². The van der Waals surface area contributed by atoms with Gasteiger partial charge < -0.3 is 5.32 Å². The van der Waals surface area contributed by atoms with Crippen molar-refractivity contribution in [2.45, 2.75) is 0 Å². The lowest BCUT2D eigenvalue weighted by Gasteiger charge is -2.03. The predicted octanol–water partition coefficient (Wildman–Crippen LogP) is 2.74. The van der Waals surface area contributed by atoms with E-state index in [1.807, 2.05) is 25.2 Å². The number of carbonyl (C=O) groups is 1. The SMILES string of the molecule is CNc1ccc2nc(Cl)c(C=O)cc2c1. The van der Waals surface area contributed by atoms with Crippen LogP contribution in [0, 0.1) is 0 Å². The smallest absolute Gasteiger partial charge is 0.153 e. The number of aldehydes is 1. The molecule has 0 aliphatic heterocycles. The lowest BCUT2D eigenvalue weighted by atomic mass is 10.1. The van der Waals surface area contributed by atoms with Crippen LogP contribution < -0.4 is 5.32 Å². The molecule has 2 aromatic rings. The second kappa shape index (κ2) is 3.87. The molecule has 0 bridgehead atoms. The second-order valence-electron chi connectivity index (χ2n) is 3.14. The van der Waals surface area contributed by atoms with Crippen molar-refractivity contribution in [1.29, 1.82) is 0 Å². The van der Waals surface area contributed by atoms with E-state index in [0.29, 0.717) is 11.8 Å². The zero-order chi connectivity index (χ0) is 10.8. The summed E-state index contributed by atoms with van der Waals surface area (Å²) in [6, 6.07) is 7.43. The summed E-state index contributed by atoms with van der Waals surface area (Å²) in [5.41, 5.74) is 2.17. The molecule has 0 radical (unpaired) electrons. The fraction of sp³-hybridized carbons (Fsp3) is 0.0909. The Morgan fingerprint density at radius 1 is 1.40 bits per heavy atom.